The van der Waals surface area contributed by atoms with Crippen molar-refractivity contribution in [1.82, 2.24) is 19.6 Å². The summed E-state index contributed by atoms with van der Waals surface area (Å²) in [5.74, 6) is 0.369. The maximum Gasteiger partial charge on any atom is 0.313 e. The van der Waals surface area contributed by atoms with E-state index in [0.29, 0.717) is 23.4 Å². The largest absolute Gasteiger partial charge is 0.466 e. The molecule has 0 radical (unpaired) electrons. The molecule has 0 atom stereocenters. The van der Waals surface area contributed by atoms with Gasteiger partial charge in [-0.3, -0.25) is 4.79 Å². The molecule has 0 unspecified atom stereocenters. The summed E-state index contributed by atoms with van der Waals surface area (Å²) in [4.78, 5) is 19.6. The van der Waals surface area contributed by atoms with Crippen molar-refractivity contribution in [3.63, 3.8) is 0 Å². The Labute approximate surface area is 103 Å². The molecule has 0 aliphatic rings. The van der Waals surface area contributed by atoms with Crippen LogP contribution in [0.25, 0.3) is 5.78 Å². The molecule has 0 N–H and O–H groups in total. The van der Waals surface area contributed by atoms with Gasteiger partial charge in [-0.05, 0) is 19.9 Å². The minimum atomic E-state index is -0.365. The zero-order chi connectivity index (χ0) is 12.4. The zero-order valence-corrected chi connectivity index (χ0v) is 10.2. The fraction of sp³-hybridized carbons (Fsp3) is 0.400. The monoisotopic (exact) mass is 254 g/mol. The van der Waals surface area contributed by atoms with E-state index in [1.54, 1.807) is 13.0 Å². The maximum atomic E-state index is 11.3. The van der Waals surface area contributed by atoms with E-state index in [9.17, 15) is 4.79 Å². The van der Waals surface area contributed by atoms with Gasteiger partial charge in [0.1, 0.15) is 11.6 Å². The minimum absolute atomic E-state index is 0.0204. The highest BCUT2D eigenvalue weighted by molar-refractivity contribution is 6.29. The summed E-state index contributed by atoms with van der Waals surface area (Å²) >= 11 is 5.98. The van der Waals surface area contributed by atoms with E-state index in [1.807, 2.05) is 6.92 Å². The standard InChI is InChI=1S/C10H11ClN4O2/c1-3-17-9(16)5-8-13-10-12-6(2)4-7(11)15(10)14-8/h4H,3,5H2,1-2H3. The van der Waals surface area contributed by atoms with Gasteiger partial charge in [0.15, 0.2) is 5.82 Å². The normalized spacial score (nSPS) is 10.8. The number of halogens is 1. The molecule has 0 aliphatic heterocycles. The summed E-state index contributed by atoms with van der Waals surface area (Å²) in [6, 6.07) is 1.68. The van der Waals surface area contributed by atoms with Gasteiger partial charge in [0.2, 0.25) is 0 Å². The molecule has 7 heteroatoms. The average molecular weight is 255 g/mol. The van der Waals surface area contributed by atoms with Gasteiger partial charge >= 0.3 is 5.97 Å². The second-order valence-electron chi connectivity index (χ2n) is 3.44. The molecule has 2 aromatic heterocycles. The predicted octanol–water partition coefficient (Wildman–Crippen LogP) is 1.19. The molecule has 2 heterocycles. The Morgan fingerprint density at radius 1 is 1.53 bits per heavy atom. The van der Waals surface area contributed by atoms with Crippen LogP contribution < -0.4 is 0 Å². The number of fused-ring (bicyclic) bond motifs is 1. The number of aryl methyl sites for hydroxylation is 1. The van der Waals surface area contributed by atoms with E-state index in [1.165, 1.54) is 4.52 Å². The number of hydrogen-bond acceptors (Lipinski definition) is 5. The number of carbonyl (C=O) groups is 1. The lowest BCUT2D eigenvalue weighted by Gasteiger charge is -1.96. The Morgan fingerprint density at radius 2 is 2.29 bits per heavy atom. The maximum absolute atomic E-state index is 11.3. The van der Waals surface area contributed by atoms with Crippen molar-refractivity contribution in [1.29, 1.82) is 0 Å². The highest BCUT2D eigenvalue weighted by atomic mass is 35.5. The molecule has 0 aromatic carbocycles. The first-order chi connectivity index (χ1) is 8.10. The van der Waals surface area contributed by atoms with E-state index in [4.69, 9.17) is 16.3 Å². The van der Waals surface area contributed by atoms with Crippen molar-refractivity contribution >= 4 is 23.3 Å². The molecular weight excluding hydrogens is 244 g/mol. The van der Waals surface area contributed by atoms with Crippen LogP contribution in [0.1, 0.15) is 18.4 Å². The highest BCUT2D eigenvalue weighted by Crippen LogP contribution is 2.11. The first-order valence-electron chi connectivity index (χ1n) is 5.14. The number of rotatable bonds is 3. The van der Waals surface area contributed by atoms with Crippen molar-refractivity contribution in [2.24, 2.45) is 0 Å². The van der Waals surface area contributed by atoms with Crippen LogP contribution in [0.2, 0.25) is 5.15 Å². The van der Waals surface area contributed by atoms with Gasteiger partial charge in [-0.15, -0.1) is 5.10 Å². The van der Waals surface area contributed by atoms with Gasteiger partial charge in [0, 0.05) is 5.69 Å². The molecule has 17 heavy (non-hydrogen) atoms. The summed E-state index contributed by atoms with van der Waals surface area (Å²) in [7, 11) is 0. The lowest BCUT2D eigenvalue weighted by molar-refractivity contribution is -0.142. The second-order valence-corrected chi connectivity index (χ2v) is 3.83. The zero-order valence-electron chi connectivity index (χ0n) is 9.47. The third kappa shape index (κ3) is 2.52. The lowest BCUT2D eigenvalue weighted by Crippen LogP contribution is -2.08. The Kier molecular flexibility index (Phi) is 3.23. The van der Waals surface area contributed by atoms with Gasteiger partial charge in [0.25, 0.3) is 5.78 Å². The first kappa shape index (κ1) is 11.8. The van der Waals surface area contributed by atoms with E-state index < -0.39 is 0 Å². The molecule has 0 saturated heterocycles. The van der Waals surface area contributed by atoms with Crippen LogP contribution in [0.15, 0.2) is 6.07 Å². The summed E-state index contributed by atoms with van der Waals surface area (Å²) in [6.07, 6.45) is 0.0204. The summed E-state index contributed by atoms with van der Waals surface area (Å²) in [6.45, 7) is 3.90. The van der Waals surface area contributed by atoms with Crippen molar-refractivity contribution in [2.75, 3.05) is 6.61 Å². The van der Waals surface area contributed by atoms with Crippen LogP contribution in [0.5, 0.6) is 0 Å². The Hall–Kier alpha value is -1.69. The highest BCUT2D eigenvalue weighted by Gasteiger charge is 2.12. The summed E-state index contributed by atoms with van der Waals surface area (Å²) in [5.41, 5.74) is 0.748. The number of carbonyl (C=O) groups excluding carboxylic acids is 1. The quantitative estimate of drug-likeness (QED) is 0.608. The SMILES string of the molecule is CCOC(=O)Cc1nc2nc(C)cc(Cl)n2n1. The summed E-state index contributed by atoms with van der Waals surface area (Å²) < 4.78 is 6.21. The van der Waals surface area contributed by atoms with Crippen LogP contribution in [0, 0.1) is 6.92 Å². The van der Waals surface area contributed by atoms with Crippen molar-refractivity contribution in [3.8, 4) is 0 Å². The molecule has 0 amide bonds. The fourth-order valence-corrected chi connectivity index (χ4v) is 1.67. The molecule has 2 rings (SSSR count). The average Bonchev–Trinajstić information content (AvgIpc) is 2.60. The smallest absolute Gasteiger partial charge is 0.313 e. The van der Waals surface area contributed by atoms with Gasteiger partial charge in [0.05, 0.1) is 6.61 Å². The number of aromatic nitrogens is 4. The van der Waals surface area contributed by atoms with Crippen LogP contribution >= 0.6 is 11.6 Å². The van der Waals surface area contributed by atoms with Crippen LogP contribution in [0.4, 0.5) is 0 Å². The number of esters is 1. The second kappa shape index (κ2) is 4.67. The lowest BCUT2D eigenvalue weighted by atomic mass is 10.4. The van der Waals surface area contributed by atoms with Gasteiger partial charge < -0.3 is 4.74 Å². The molecule has 0 fully saturated rings. The molecular formula is C10H11ClN4O2. The molecule has 0 aliphatic carbocycles. The van der Waals surface area contributed by atoms with E-state index in [0.717, 1.165) is 5.69 Å². The first-order valence-corrected chi connectivity index (χ1v) is 5.52. The molecule has 2 aromatic rings. The molecule has 0 spiro atoms. The predicted molar refractivity (Wildman–Crippen MR) is 60.9 cm³/mol. The van der Waals surface area contributed by atoms with E-state index in [2.05, 4.69) is 15.1 Å². The minimum Gasteiger partial charge on any atom is -0.466 e. The third-order valence-corrected chi connectivity index (χ3v) is 2.32. The number of ether oxygens (including phenoxy) is 1. The van der Waals surface area contributed by atoms with Crippen molar-refractivity contribution in [3.05, 3.63) is 22.7 Å². The van der Waals surface area contributed by atoms with Crippen LogP contribution in [-0.4, -0.2) is 32.2 Å². The van der Waals surface area contributed by atoms with Gasteiger partial charge in [-0.1, -0.05) is 11.6 Å². The molecule has 0 bridgehead atoms. The molecule has 0 saturated carbocycles. The molecule has 90 valence electrons. The van der Waals surface area contributed by atoms with E-state index >= 15 is 0 Å². The Morgan fingerprint density at radius 3 is 3.00 bits per heavy atom. The number of hydrogen-bond donors (Lipinski definition) is 0. The van der Waals surface area contributed by atoms with Crippen molar-refractivity contribution < 1.29 is 9.53 Å². The summed E-state index contributed by atoms with van der Waals surface area (Å²) in [5, 5.41) is 4.50. The van der Waals surface area contributed by atoms with Crippen molar-refractivity contribution in [2.45, 2.75) is 20.3 Å². The van der Waals surface area contributed by atoms with Crippen LogP contribution in [0.3, 0.4) is 0 Å². The Bertz CT molecular complexity index is 567. The van der Waals surface area contributed by atoms with Gasteiger partial charge in [-0.25, -0.2) is 4.98 Å². The topological polar surface area (TPSA) is 69.4 Å². The fourth-order valence-electron chi connectivity index (χ4n) is 1.40. The number of nitrogens with zero attached hydrogens (tertiary/aromatic N) is 4. The van der Waals surface area contributed by atoms with Crippen LogP contribution in [-0.2, 0) is 16.0 Å². The van der Waals surface area contributed by atoms with Gasteiger partial charge in [-0.2, -0.15) is 9.50 Å². The third-order valence-electron chi connectivity index (χ3n) is 2.05. The Balaban J connectivity index is 2.32. The molecule has 6 nitrogen and oxygen atoms in total. The van der Waals surface area contributed by atoms with E-state index in [-0.39, 0.29) is 12.4 Å².